The molecule has 0 aromatic heterocycles. The number of hydrazine groups is 1. The van der Waals surface area contributed by atoms with Crippen LogP contribution in [0.25, 0.3) is 0 Å². The van der Waals surface area contributed by atoms with E-state index in [9.17, 15) is 9.59 Å². The normalized spacial score (nSPS) is 19.3. The molecular formula is C17H15BrN2O2. The molecule has 1 aliphatic rings. The van der Waals surface area contributed by atoms with Crippen molar-refractivity contribution in [1.82, 2.24) is 10.9 Å². The molecule has 1 aliphatic carbocycles. The molecule has 0 bridgehead atoms. The zero-order valence-electron chi connectivity index (χ0n) is 11.8. The van der Waals surface area contributed by atoms with E-state index in [1.54, 1.807) is 18.2 Å². The number of nitrogens with one attached hydrogen (secondary N) is 2. The minimum absolute atomic E-state index is 0.0677. The zero-order chi connectivity index (χ0) is 15.5. The molecule has 0 heterocycles. The monoisotopic (exact) mass is 358 g/mol. The smallest absolute Gasteiger partial charge is 0.270 e. The van der Waals surface area contributed by atoms with E-state index >= 15 is 0 Å². The van der Waals surface area contributed by atoms with Gasteiger partial charge in [-0.05, 0) is 46.0 Å². The molecule has 2 amide bonds. The summed E-state index contributed by atoms with van der Waals surface area (Å²) in [5.74, 6) is -0.296. The van der Waals surface area contributed by atoms with Gasteiger partial charge in [0.2, 0.25) is 5.91 Å². The number of carbonyl (C=O) groups excluding carboxylic acids is 2. The van der Waals surface area contributed by atoms with Gasteiger partial charge in [-0.1, -0.05) is 42.5 Å². The van der Waals surface area contributed by atoms with Gasteiger partial charge in [-0.3, -0.25) is 20.4 Å². The van der Waals surface area contributed by atoms with Crippen LogP contribution in [0.15, 0.2) is 59.1 Å². The van der Waals surface area contributed by atoms with Crippen LogP contribution in [0.3, 0.4) is 0 Å². The van der Waals surface area contributed by atoms with E-state index in [1.807, 2.05) is 36.4 Å². The van der Waals surface area contributed by atoms with Crippen LogP contribution in [0.1, 0.15) is 28.3 Å². The van der Waals surface area contributed by atoms with Crippen LogP contribution in [0.5, 0.6) is 0 Å². The van der Waals surface area contributed by atoms with E-state index in [-0.39, 0.29) is 23.7 Å². The molecule has 112 valence electrons. The first-order valence-corrected chi connectivity index (χ1v) is 7.86. The number of carbonyl (C=O) groups is 2. The van der Waals surface area contributed by atoms with Crippen LogP contribution in [-0.4, -0.2) is 11.8 Å². The molecule has 2 atom stereocenters. The lowest BCUT2D eigenvalue weighted by atomic mass is 10.1. The fourth-order valence-electron chi connectivity index (χ4n) is 2.48. The van der Waals surface area contributed by atoms with Crippen molar-refractivity contribution in [3.05, 3.63) is 70.2 Å². The van der Waals surface area contributed by atoms with Gasteiger partial charge in [0.05, 0.1) is 5.56 Å². The van der Waals surface area contributed by atoms with Gasteiger partial charge in [0.25, 0.3) is 5.91 Å². The first kappa shape index (κ1) is 14.8. The maximum Gasteiger partial charge on any atom is 0.270 e. The minimum Gasteiger partial charge on any atom is -0.273 e. The Kier molecular flexibility index (Phi) is 4.24. The fraction of sp³-hybridized carbons (Fsp3) is 0.176. The summed E-state index contributed by atoms with van der Waals surface area (Å²) in [4.78, 5) is 24.1. The number of amides is 2. The lowest BCUT2D eigenvalue weighted by molar-refractivity contribution is -0.123. The Bertz CT molecular complexity index is 703. The van der Waals surface area contributed by atoms with Crippen molar-refractivity contribution in [3.63, 3.8) is 0 Å². The van der Waals surface area contributed by atoms with E-state index < -0.39 is 0 Å². The zero-order valence-corrected chi connectivity index (χ0v) is 13.3. The topological polar surface area (TPSA) is 58.2 Å². The molecule has 0 spiro atoms. The third kappa shape index (κ3) is 3.20. The quantitative estimate of drug-likeness (QED) is 0.828. The second-order valence-electron chi connectivity index (χ2n) is 5.28. The summed E-state index contributed by atoms with van der Waals surface area (Å²) in [6.07, 6.45) is 0.820. The van der Waals surface area contributed by atoms with Crippen molar-refractivity contribution in [3.8, 4) is 0 Å². The highest BCUT2D eigenvalue weighted by Gasteiger charge is 2.43. The molecule has 5 heteroatoms. The molecule has 1 fully saturated rings. The van der Waals surface area contributed by atoms with Crippen molar-refractivity contribution < 1.29 is 9.59 Å². The average Bonchev–Trinajstić information content (AvgIpc) is 3.34. The summed E-state index contributed by atoms with van der Waals surface area (Å²) >= 11 is 3.31. The Morgan fingerprint density at radius 2 is 1.64 bits per heavy atom. The first-order valence-electron chi connectivity index (χ1n) is 7.06. The maximum atomic E-state index is 12.1. The lowest BCUT2D eigenvalue weighted by Crippen LogP contribution is -2.42. The van der Waals surface area contributed by atoms with Gasteiger partial charge in [0.1, 0.15) is 0 Å². The molecule has 2 N–H and O–H groups in total. The van der Waals surface area contributed by atoms with Crippen molar-refractivity contribution >= 4 is 27.7 Å². The van der Waals surface area contributed by atoms with Gasteiger partial charge in [0, 0.05) is 10.4 Å². The predicted molar refractivity (Wildman–Crippen MR) is 87.0 cm³/mol. The van der Waals surface area contributed by atoms with Crippen molar-refractivity contribution in [2.75, 3.05) is 0 Å². The second-order valence-corrected chi connectivity index (χ2v) is 6.14. The largest absolute Gasteiger partial charge is 0.273 e. The fourth-order valence-corrected chi connectivity index (χ4v) is 2.94. The second kappa shape index (κ2) is 6.32. The molecule has 2 aromatic carbocycles. The highest BCUT2D eigenvalue weighted by molar-refractivity contribution is 9.10. The van der Waals surface area contributed by atoms with Crippen LogP contribution in [0.4, 0.5) is 0 Å². The predicted octanol–water partition coefficient (Wildman–Crippen LogP) is 3.01. The van der Waals surface area contributed by atoms with Gasteiger partial charge in [-0.25, -0.2) is 0 Å². The number of halogens is 1. The van der Waals surface area contributed by atoms with Crippen LogP contribution in [-0.2, 0) is 4.79 Å². The summed E-state index contributed by atoms with van der Waals surface area (Å²) in [5, 5.41) is 0. The Morgan fingerprint density at radius 3 is 2.36 bits per heavy atom. The molecule has 3 rings (SSSR count). The molecule has 22 heavy (non-hydrogen) atoms. The van der Waals surface area contributed by atoms with E-state index in [0.717, 1.165) is 6.42 Å². The SMILES string of the molecule is O=C(NNC(=O)[C@@H]1C[C@H]1c1ccccc1)c1ccccc1Br. The lowest BCUT2D eigenvalue weighted by Gasteiger charge is -2.08. The van der Waals surface area contributed by atoms with Crippen molar-refractivity contribution in [2.24, 2.45) is 5.92 Å². The summed E-state index contributed by atoms with van der Waals surface area (Å²) in [6, 6.07) is 17.0. The van der Waals surface area contributed by atoms with Crippen molar-refractivity contribution in [2.45, 2.75) is 12.3 Å². The summed E-state index contributed by atoms with van der Waals surface area (Å²) in [5.41, 5.74) is 6.63. The average molecular weight is 359 g/mol. The first-order chi connectivity index (χ1) is 10.7. The Labute approximate surface area is 137 Å². The molecule has 0 aliphatic heterocycles. The highest BCUT2D eigenvalue weighted by Crippen LogP contribution is 2.47. The van der Waals surface area contributed by atoms with Crippen LogP contribution >= 0.6 is 15.9 Å². The number of hydrogen-bond donors (Lipinski definition) is 2. The molecule has 0 unspecified atom stereocenters. The van der Waals surface area contributed by atoms with Gasteiger partial charge >= 0.3 is 0 Å². The molecule has 2 aromatic rings. The third-order valence-corrected chi connectivity index (χ3v) is 4.46. The Balaban J connectivity index is 1.54. The van der Waals surface area contributed by atoms with Gasteiger partial charge in [0.15, 0.2) is 0 Å². The van der Waals surface area contributed by atoms with Crippen LogP contribution in [0.2, 0.25) is 0 Å². The van der Waals surface area contributed by atoms with E-state index in [4.69, 9.17) is 0 Å². The standard InChI is InChI=1S/C17H15BrN2O2/c18-15-9-5-4-8-12(15)16(21)19-20-17(22)14-10-13(14)11-6-2-1-3-7-11/h1-9,13-14H,10H2,(H,19,21)(H,20,22)/t13-,14+/m0/s1. The van der Waals surface area contributed by atoms with Gasteiger partial charge in [-0.2, -0.15) is 0 Å². The molecular weight excluding hydrogens is 344 g/mol. The van der Waals surface area contributed by atoms with Gasteiger partial charge < -0.3 is 0 Å². The van der Waals surface area contributed by atoms with E-state index in [2.05, 4.69) is 26.8 Å². The highest BCUT2D eigenvalue weighted by atomic mass is 79.9. The van der Waals surface area contributed by atoms with E-state index in [1.165, 1.54) is 5.56 Å². The van der Waals surface area contributed by atoms with Gasteiger partial charge in [-0.15, -0.1) is 0 Å². The number of hydrogen-bond acceptors (Lipinski definition) is 2. The number of rotatable bonds is 3. The summed E-state index contributed by atoms with van der Waals surface area (Å²) < 4.78 is 0.690. The van der Waals surface area contributed by atoms with Crippen LogP contribution in [0, 0.1) is 5.92 Å². The summed E-state index contributed by atoms with van der Waals surface area (Å²) in [7, 11) is 0. The van der Waals surface area contributed by atoms with E-state index in [0.29, 0.717) is 10.0 Å². The molecule has 0 saturated heterocycles. The Morgan fingerprint density at radius 1 is 0.955 bits per heavy atom. The van der Waals surface area contributed by atoms with Crippen molar-refractivity contribution in [1.29, 1.82) is 0 Å². The molecule has 0 radical (unpaired) electrons. The third-order valence-electron chi connectivity index (χ3n) is 3.77. The Hall–Kier alpha value is -2.14. The van der Waals surface area contributed by atoms with Crippen LogP contribution < -0.4 is 10.9 Å². The minimum atomic E-state index is -0.335. The maximum absolute atomic E-state index is 12.1. The molecule has 1 saturated carbocycles. The molecule has 4 nitrogen and oxygen atoms in total. The number of benzene rings is 2. The summed E-state index contributed by atoms with van der Waals surface area (Å²) in [6.45, 7) is 0.